The molecule has 3 aromatic carbocycles. The molecular formula is C23H16F3N3O. The second kappa shape index (κ2) is 6.74. The summed E-state index contributed by atoms with van der Waals surface area (Å²) in [4.78, 5) is 2.95. The van der Waals surface area contributed by atoms with Crippen LogP contribution in [0.3, 0.4) is 0 Å². The Morgan fingerprint density at radius 3 is 2.50 bits per heavy atom. The van der Waals surface area contributed by atoms with Crippen molar-refractivity contribution in [3.8, 4) is 5.69 Å². The van der Waals surface area contributed by atoms with Gasteiger partial charge in [-0.1, -0.05) is 6.07 Å². The van der Waals surface area contributed by atoms with Crippen LogP contribution < -0.4 is 0 Å². The first-order valence-electron chi connectivity index (χ1n) is 9.29. The summed E-state index contributed by atoms with van der Waals surface area (Å²) in [5.41, 5.74) is 0.608. The van der Waals surface area contributed by atoms with Crippen molar-refractivity contribution >= 4 is 21.8 Å². The molecule has 7 heteroatoms. The van der Waals surface area contributed by atoms with Crippen molar-refractivity contribution < 1.29 is 18.3 Å². The monoisotopic (exact) mass is 407 g/mol. The van der Waals surface area contributed by atoms with Gasteiger partial charge in [-0.25, -0.2) is 17.9 Å². The van der Waals surface area contributed by atoms with Crippen molar-refractivity contribution in [1.29, 1.82) is 0 Å². The Kier molecular flexibility index (Phi) is 4.15. The lowest BCUT2D eigenvalue weighted by Gasteiger charge is -2.25. The van der Waals surface area contributed by atoms with E-state index in [0.717, 1.165) is 5.52 Å². The molecule has 0 bridgehead atoms. The Morgan fingerprint density at radius 1 is 0.967 bits per heavy atom. The van der Waals surface area contributed by atoms with Crippen LogP contribution >= 0.6 is 0 Å². The third-order valence-corrected chi connectivity index (χ3v) is 5.40. The van der Waals surface area contributed by atoms with Gasteiger partial charge in [0, 0.05) is 28.0 Å². The van der Waals surface area contributed by atoms with Gasteiger partial charge in [-0.15, -0.1) is 0 Å². The number of rotatable bonds is 4. The SMILES string of the molecule is OC(CF)(c1ccc2c(cnn2-c2ccc(F)cc2)c1)c1c[nH]c2ccc(F)cc12. The smallest absolute Gasteiger partial charge is 0.145 e. The number of H-pyrrole nitrogens is 1. The van der Waals surface area contributed by atoms with Crippen LogP contribution in [0.1, 0.15) is 11.1 Å². The fraction of sp³-hybridized carbons (Fsp3) is 0.0870. The average molecular weight is 407 g/mol. The summed E-state index contributed by atoms with van der Waals surface area (Å²) in [5.74, 6) is -0.818. The fourth-order valence-electron chi connectivity index (χ4n) is 3.82. The number of nitrogens with zero attached hydrogens (tertiary/aromatic N) is 2. The highest BCUT2D eigenvalue weighted by Gasteiger charge is 2.35. The van der Waals surface area contributed by atoms with Crippen LogP contribution in [0.4, 0.5) is 13.2 Å². The Morgan fingerprint density at radius 2 is 1.73 bits per heavy atom. The van der Waals surface area contributed by atoms with Gasteiger partial charge in [0.1, 0.15) is 23.9 Å². The van der Waals surface area contributed by atoms with Crippen molar-refractivity contribution in [1.82, 2.24) is 14.8 Å². The molecule has 0 fully saturated rings. The summed E-state index contributed by atoms with van der Waals surface area (Å²) in [6.45, 7) is -1.09. The number of nitrogens with one attached hydrogen (secondary N) is 1. The van der Waals surface area contributed by atoms with E-state index >= 15 is 0 Å². The fourth-order valence-corrected chi connectivity index (χ4v) is 3.82. The predicted octanol–water partition coefficient (Wildman–Crippen LogP) is 4.99. The topological polar surface area (TPSA) is 53.8 Å². The highest BCUT2D eigenvalue weighted by Crippen LogP contribution is 2.37. The van der Waals surface area contributed by atoms with Gasteiger partial charge in [0.2, 0.25) is 0 Å². The zero-order chi connectivity index (χ0) is 20.9. The minimum absolute atomic E-state index is 0.254. The van der Waals surface area contributed by atoms with E-state index < -0.39 is 18.1 Å². The van der Waals surface area contributed by atoms with Crippen molar-refractivity contribution in [2.45, 2.75) is 5.60 Å². The van der Waals surface area contributed by atoms with E-state index in [1.165, 1.54) is 30.5 Å². The molecule has 4 nitrogen and oxygen atoms in total. The van der Waals surface area contributed by atoms with Crippen molar-refractivity contribution in [3.05, 3.63) is 95.8 Å². The molecule has 1 unspecified atom stereocenters. The predicted molar refractivity (Wildman–Crippen MR) is 108 cm³/mol. The van der Waals surface area contributed by atoms with Gasteiger partial charge in [0.05, 0.1) is 17.4 Å². The quantitative estimate of drug-likeness (QED) is 0.441. The first-order valence-corrected chi connectivity index (χ1v) is 9.29. The molecule has 0 saturated heterocycles. The number of fused-ring (bicyclic) bond motifs is 2. The standard InChI is InChI=1S/C23H16F3N3O/c24-13-23(30,20-12-27-21-7-4-17(26)10-19(20)21)15-1-8-22-14(9-15)11-28-29(22)18-5-2-16(25)3-6-18/h1-12,27,30H,13H2. The Balaban J connectivity index is 1.63. The summed E-state index contributed by atoms with van der Waals surface area (Å²) in [7, 11) is 0. The Labute approximate surface area is 169 Å². The maximum atomic E-state index is 14.2. The van der Waals surface area contributed by atoms with Crippen LogP contribution in [0.5, 0.6) is 0 Å². The maximum absolute atomic E-state index is 14.2. The zero-order valence-electron chi connectivity index (χ0n) is 15.6. The molecule has 2 N–H and O–H groups in total. The van der Waals surface area contributed by atoms with Crippen LogP contribution in [-0.2, 0) is 5.60 Å². The number of aromatic amines is 1. The summed E-state index contributed by atoms with van der Waals surface area (Å²) >= 11 is 0. The molecule has 0 radical (unpaired) electrons. The Bertz CT molecular complexity index is 1370. The van der Waals surface area contributed by atoms with Crippen LogP contribution in [0.15, 0.2) is 73.1 Å². The molecule has 0 saturated carbocycles. The first-order chi connectivity index (χ1) is 14.5. The summed E-state index contributed by atoms with van der Waals surface area (Å²) in [5, 5.41) is 16.7. The van der Waals surface area contributed by atoms with Gasteiger partial charge in [-0.05, 0) is 60.2 Å². The number of hydrogen-bond donors (Lipinski definition) is 2. The van der Waals surface area contributed by atoms with Gasteiger partial charge < -0.3 is 10.1 Å². The number of hydrogen-bond acceptors (Lipinski definition) is 2. The molecule has 0 aliphatic rings. The lowest BCUT2D eigenvalue weighted by Crippen LogP contribution is -2.29. The largest absolute Gasteiger partial charge is 0.378 e. The lowest BCUT2D eigenvalue weighted by atomic mass is 9.86. The molecule has 5 aromatic rings. The number of halogens is 3. The molecular weight excluding hydrogens is 391 g/mol. The number of aliphatic hydroxyl groups is 1. The molecule has 150 valence electrons. The van der Waals surface area contributed by atoms with Gasteiger partial charge in [0.25, 0.3) is 0 Å². The maximum Gasteiger partial charge on any atom is 0.145 e. The van der Waals surface area contributed by atoms with E-state index in [-0.39, 0.29) is 11.4 Å². The molecule has 2 heterocycles. The molecule has 0 amide bonds. The molecule has 5 rings (SSSR count). The summed E-state index contributed by atoms with van der Waals surface area (Å²) in [6.07, 6.45) is 3.09. The minimum Gasteiger partial charge on any atom is -0.378 e. The normalized spacial score (nSPS) is 13.7. The van der Waals surface area contributed by atoms with Crippen molar-refractivity contribution in [2.24, 2.45) is 0 Å². The molecule has 1 atom stereocenters. The van der Waals surface area contributed by atoms with Crippen LogP contribution in [-0.4, -0.2) is 26.5 Å². The molecule has 0 aliphatic carbocycles. The van der Waals surface area contributed by atoms with E-state index in [2.05, 4.69) is 10.1 Å². The first kappa shape index (κ1) is 18.4. The second-order valence-electron chi connectivity index (χ2n) is 7.19. The minimum atomic E-state index is -1.96. The van der Waals surface area contributed by atoms with Crippen LogP contribution in [0.2, 0.25) is 0 Å². The zero-order valence-corrected chi connectivity index (χ0v) is 15.6. The third kappa shape index (κ3) is 2.78. The highest BCUT2D eigenvalue weighted by atomic mass is 19.1. The lowest BCUT2D eigenvalue weighted by molar-refractivity contribution is 0.0533. The van der Waals surface area contributed by atoms with Gasteiger partial charge in [-0.3, -0.25) is 0 Å². The van der Waals surface area contributed by atoms with E-state index in [9.17, 15) is 18.3 Å². The van der Waals surface area contributed by atoms with Crippen molar-refractivity contribution in [3.63, 3.8) is 0 Å². The summed E-state index contributed by atoms with van der Waals surface area (Å²) < 4.78 is 42.8. The average Bonchev–Trinajstić information content (AvgIpc) is 3.37. The van der Waals surface area contributed by atoms with E-state index in [0.29, 0.717) is 27.5 Å². The molecule has 2 aromatic heterocycles. The number of alkyl halides is 1. The third-order valence-electron chi connectivity index (χ3n) is 5.40. The van der Waals surface area contributed by atoms with Gasteiger partial charge in [-0.2, -0.15) is 5.10 Å². The second-order valence-corrected chi connectivity index (χ2v) is 7.19. The number of aromatic nitrogens is 3. The highest BCUT2D eigenvalue weighted by molar-refractivity contribution is 5.86. The van der Waals surface area contributed by atoms with Crippen LogP contribution in [0.25, 0.3) is 27.5 Å². The van der Waals surface area contributed by atoms with E-state index in [4.69, 9.17) is 0 Å². The molecule has 0 spiro atoms. The van der Waals surface area contributed by atoms with Gasteiger partial charge >= 0.3 is 0 Å². The van der Waals surface area contributed by atoms with E-state index in [1.807, 2.05) is 0 Å². The Hall–Kier alpha value is -3.58. The van der Waals surface area contributed by atoms with Crippen molar-refractivity contribution in [2.75, 3.05) is 6.67 Å². The van der Waals surface area contributed by atoms with E-state index in [1.54, 1.807) is 47.3 Å². The van der Waals surface area contributed by atoms with Gasteiger partial charge in [0.15, 0.2) is 0 Å². The molecule has 30 heavy (non-hydrogen) atoms. The number of benzene rings is 3. The van der Waals surface area contributed by atoms with Crippen LogP contribution in [0, 0.1) is 11.6 Å². The molecule has 0 aliphatic heterocycles. The summed E-state index contributed by atoms with van der Waals surface area (Å²) in [6, 6.07) is 15.0.